The van der Waals surface area contributed by atoms with E-state index < -0.39 is 8.07 Å². The summed E-state index contributed by atoms with van der Waals surface area (Å²) in [6, 6.07) is 66.0. The van der Waals surface area contributed by atoms with Gasteiger partial charge < -0.3 is 4.57 Å². The molecule has 4 heteroatoms. The Labute approximate surface area is 280 Å². The van der Waals surface area contributed by atoms with Gasteiger partial charge in [-0.1, -0.05) is 146 Å². The van der Waals surface area contributed by atoms with Crippen LogP contribution in [0.3, 0.4) is 0 Å². The van der Waals surface area contributed by atoms with E-state index in [1.807, 2.05) is 24.3 Å². The zero-order valence-electron chi connectivity index (χ0n) is 26.1. The van der Waals surface area contributed by atoms with Crippen LogP contribution in [0.1, 0.15) is 11.1 Å². The van der Waals surface area contributed by atoms with Crippen LogP contribution in [0.2, 0.25) is 0 Å². The number of hydrogen-bond donors (Lipinski definition) is 0. The predicted octanol–water partition coefficient (Wildman–Crippen LogP) is 7.57. The van der Waals surface area contributed by atoms with E-state index in [0.717, 1.165) is 48.6 Å². The van der Waals surface area contributed by atoms with Gasteiger partial charge in [0, 0.05) is 16.5 Å². The van der Waals surface area contributed by atoms with Gasteiger partial charge in [0.2, 0.25) is 0 Å². The van der Waals surface area contributed by atoms with Gasteiger partial charge in [-0.25, -0.2) is 0 Å². The van der Waals surface area contributed by atoms with Crippen molar-refractivity contribution in [3.8, 4) is 29.0 Å². The average molecular weight is 628 g/mol. The van der Waals surface area contributed by atoms with Gasteiger partial charge in [0.05, 0.1) is 22.2 Å². The number of benzene rings is 7. The fraction of sp³-hybridized carbons (Fsp3) is 0. The van der Waals surface area contributed by atoms with Crippen molar-refractivity contribution in [1.82, 2.24) is 4.57 Å². The zero-order valence-corrected chi connectivity index (χ0v) is 27.1. The summed E-state index contributed by atoms with van der Waals surface area (Å²) in [5.74, 6) is 0. The Morgan fingerprint density at radius 2 is 0.958 bits per heavy atom. The lowest BCUT2D eigenvalue weighted by atomic mass is 9.99. The molecule has 0 unspecified atom stereocenters. The van der Waals surface area contributed by atoms with Crippen molar-refractivity contribution in [2.45, 2.75) is 0 Å². The van der Waals surface area contributed by atoms with Gasteiger partial charge in [-0.3, -0.25) is 0 Å². The maximum atomic E-state index is 11.0. The number of rotatable bonds is 6. The summed E-state index contributed by atoms with van der Waals surface area (Å²) < 4.78 is 2.32. The van der Waals surface area contributed by atoms with E-state index in [1.54, 1.807) is 0 Å². The lowest BCUT2D eigenvalue weighted by Gasteiger charge is -2.37. The monoisotopic (exact) mass is 627 g/mol. The number of hydrogen-bond acceptors (Lipinski definition) is 2. The van der Waals surface area contributed by atoms with E-state index in [1.165, 1.54) is 10.8 Å². The van der Waals surface area contributed by atoms with E-state index in [9.17, 15) is 10.5 Å². The fourth-order valence-corrected chi connectivity index (χ4v) is 12.6. The Morgan fingerprint density at radius 3 is 1.46 bits per heavy atom. The Hall–Kier alpha value is -6.46. The maximum absolute atomic E-state index is 11.0. The molecule has 0 radical (unpaired) electrons. The topological polar surface area (TPSA) is 52.5 Å². The second-order valence-corrected chi connectivity index (χ2v) is 15.6. The lowest BCUT2D eigenvalue weighted by molar-refractivity contribution is 1.18. The fourth-order valence-electron chi connectivity index (χ4n) is 7.45. The molecule has 8 aromatic rings. The molecule has 0 aliphatic rings. The third-order valence-corrected chi connectivity index (χ3v) is 14.3. The Balaban J connectivity index is 1.50. The van der Waals surface area contributed by atoms with Gasteiger partial charge >= 0.3 is 0 Å². The molecule has 0 atom stereocenters. The van der Waals surface area contributed by atoms with Crippen LogP contribution >= 0.6 is 0 Å². The van der Waals surface area contributed by atoms with Crippen molar-refractivity contribution in [3.63, 3.8) is 0 Å². The van der Waals surface area contributed by atoms with E-state index in [2.05, 4.69) is 168 Å². The minimum atomic E-state index is -3.19. The molecule has 0 bridgehead atoms. The molecule has 0 N–H and O–H groups in total. The van der Waals surface area contributed by atoms with Crippen molar-refractivity contribution in [2.75, 3.05) is 0 Å². The first-order valence-corrected chi connectivity index (χ1v) is 18.0. The Bertz CT molecular complexity index is 2370. The van der Waals surface area contributed by atoms with E-state index in [4.69, 9.17) is 0 Å². The van der Waals surface area contributed by atoms with Crippen LogP contribution in [-0.4, -0.2) is 12.6 Å². The van der Waals surface area contributed by atoms with Crippen molar-refractivity contribution >= 4 is 50.6 Å². The Kier molecular flexibility index (Phi) is 7.27. The molecule has 0 aliphatic carbocycles. The van der Waals surface area contributed by atoms with E-state index in [0.29, 0.717) is 11.1 Å². The summed E-state index contributed by atoms with van der Waals surface area (Å²) in [5.41, 5.74) is 6.06. The van der Waals surface area contributed by atoms with Crippen LogP contribution in [0.5, 0.6) is 0 Å². The second-order valence-electron chi connectivity index (χ2n) is 11.9. The number of nitrogens with zero attached hydrogens (tertiary/aromatic N) is 3. The number of aromatic nitrogens is 1. The van der Waals surface area contributed by atoms with Crippen molar-refractivity contribution in [1.29, 1.82) is 10.5 Å². The van der Waals surface area contributed by atoms with Gasteiger partial charge in [-0.15, -0.1) is 0 Å². The first-order valence-electron chi connectivity index (χ1n) is 16.0. The minimum absolute atomic E-state index is 0.384. The highest BCUT2D eigenvalue weighted by Crippen LogP contribution is 2.34. The highest BCUT2D eigenvalue weighted by Gasteiger charge is 2.45. The van der Waals surface area contributed by atoms with Crippen LogP contribution in [0.15, 0.2) is 176 Å². The van der Waals surface area contributed by atoms with E-state index in [-0.39, 0.29) is 0 Å². The summed E-state index contributed by atoms with van der Waals surface area (Å²) in [6.07, 6.45) is 0. The highest BCUT2D eigenvalue weighted by molar-refractivity contribution is 7.20. The second kappa shape index (κ2) is 12.0. The summed E-state index contributed by atoms with van der Waals surface area (Å²) in [5, 5.41) is 28.1. The van der Waals surface area contributed by atoms with Gasteiger partial charge in [-0.2, -0.15) is 10.5 Å². The highest BCUT2D eigenvalue weighted by atomic mass is 28.3. The molecule has 7 aromatic carbocycles. The molecule has 1 aromatic heterocycles. The number of fused-ring (bicyclic) bond motifs is 3. The van der Waals surface area contributed by atoms with Crippen molar-refractivity contribution in [3.05, 3.63) is 187 Å². The number of nitriles is 2. The molecule has 0 aliphatic heterocycles. The normalized spacial score (nSPS) is 11.3. The molecule has 224 valence electrons. The smallest absolute Gasteiger partial charge is 0.181 e. The molecule has 0 fully saturated rings. The standard InChI is InChI=1S/C44H29N3Si/c45-30-33-27-28-38(32-15-14-16-34(29-32)47-42-25-12-10-23-39(42)40-24-11-13-26-43(40)47)44(41(33)31-46)48(35-17-4-1-5-18-35,36-19-6-2-7-20-36)37-21-8-3-9-22-37/h1-29H. The van der Waals surface area contributed by atoms with Crippen LogP contribution in [-0.2, 0) is 0 Å². The van der Waals surface area contributed by atoms with Crippen LogP contribution in [0.4, 0.5) is 0 Å². The molecule has 0 spiro atoms. The maximum Gasteiger partial charge on any atom is 0.181 e. The zero-order chi connectivity index (χ0) is 32.5. The minimum Gasteiger partial charge on any atom is -0.309 e. The van der Waals surface area contributed by atoms with Gasteiger partial charge in [-0.05, 0) is 62.2 Å². The molecule has 1 heterocycles. The Morgan fingerprint density at radius 1 is 0.458 bits per heavy atom. The summed E-state index contributed by atoms with van der Waals surface area (Å²) in [7, 11) is -3.19. The lowest BCUT2D eigenvalue weighted by Crippen LogP contribution is -2.75. The van der Waals surface area contributed by atoms with Crippen molar-refractivity contribution in [2.24, 2.45) is 0 Å². The SMILES string of the molecule is N#Cc1ccc(-c2cccc(-n3c4ccccc4c4ccccc43)c2)c([Si](c2ccccc2)(c2ccccc2)c2ccccc2)c1C#N. The third-order valence-electron chi connectivity index (χ3n) is 9.43. The quantitative estimate of drug-likeness (QED) is 0.141. The summed E-state index contributed by atoms with van der Waals surface area (Å²) in [6.45, 7) is 0. The van der Waals surface area contributed by atoms with Gasteiger partial charge in [0.15, 0.2) is 8.07 Å². The summed E-state index contributed by atoms with van der Waals surface area (Å²) >= 11 is 0. The number of para-hydroxylation sites is 2. The molecule has 0 saturated carbocycles. The van der Waals surface area contributed by atoms with Crippen LogP contribution in [0, 0.1) is 22.7 Å². The molecular weight excluding hydrogens is 599 g/mol. The average Bonchev–Trinajstić information content (AvgIpc) is 3.51. The van der Waals surface area contributed by atoms with Gasteiger partial charge in [0.1, 0.15) is 12.1 Å². The first-order chi connectivity index (χ1) is 23.8. The van der Waals surface area contributed by atoms with E-state index >= 15 is 0 Å². The molecule has 0 saturated heterocycles. The van der Waals surface area contributed by atoms with Gasteiger partial charge in [0.25, 0.3) is 0 Å². The molecule has 0 amide bonds. The first kappa shape index (κ1) is 29.0. The third kappa shape index (κ3) is 4.48. The molecule has 3 nitrogen and oxygen atoms in total. The molecule has 8 rings (SSSR count). The largest absolute Gasteiger partial charge is 0.309 e. The molecular formula is C44H29N3Si. The van der Waals surface area contributed by atoms with Crippen molar-refractivity contribution < 1.29 is 0 Å². The van der Waals surface area contributed by atoms with Crippen LogP contribution < -0.4 is 20.7 Å². The van der Waals surface area contributed by atoms with Crippen LogP contribution in [0.25, 0.3) is 38.6 Å². The summed E-state index contributed by atoms with van der Waals surface area (Å²) in [4.78, 5) is 0. The predicted molar refractivity (Wildman–Crippen MR) is 199 cm³/mol. The molecule has 48 heavy (non-hydrogen) atoms.